The Hall–Kier alpha value is -2.80. The first kappa shape index (κ1) is 22.5. The number of aliphatic imine (C=N–C) groups is 1. The number of nitrogens with one attached hydrogen (secondary N) is 1. The zero-order chi connectivity index (χ0) is 21.6. The minimum Gasteiger partial charge on any atom is -0.463 e. The van der Waals surface area contributed by atoms with E-state index in [4.69, 9.17) is 21.1 Å². The van der Waals surface area contributed by atoms with Gasteiger partial charge in [0, 0.05) is 24.8 Å². The highest BCUT2D eigenvalue weighted by Gasteiger charge is 2.39. The van der Waals surface area contributed by atoms with E-state index >= 15 is 0 Å². The normalized spacial score (nSPS) is 16.7. The molecule has 156 valence electrons. The molecule has 0 aliphatic carbocycles. The van der Waals surface area contributed by atoms with E-state index in [0.29, 0.717) is 27.7 Å². The van der Waals surface area contributed by atoms with Crippen molar-refractivity contribution in [3.63, 3.8) is 0 Å². The van der Waals surface area contributed by atoms with Gasteiger partial charge in [-0.3, -0.25) is 0 Å². The summed E-state index contributed by atoms with van der Waals surface area (Å²) < 4.78 is 10.6. The number of nitrogens with zero attached hydrogens (tertiary/aromatic N) is 2. The maximum atomic E-state index is 12.9. The van der Waals surface area contributed by atoms with E-state index in [1.807, 2.05) is 14.1 Å². The predicted octanol–water partition coefficient (Wildman–Crippen LogP) is 3.23. The summed E-state index contributed by atoms with van der Waals surface area (Å²) in [5.41, 5.74) is 1.76. The Morgan fingerprint density at radius 3 is 2.34 bits per heavy atom. The van der Waals surface area contributed by atoms with Crippen molar-refractivity contribution in [2.45, 2.75) is 26.7 Å². The van der Waals surface area contributed by atoms with Crippen LogP contribution in [0.2, 0.25) is 5.02 Å². The minimum atomic E-state index is -0.734. The van der Waals surface area contributed by atoms with E-state index in [1.54, 1.807) is 56.3 Å². The van der Waals surface area contributed by atoms with Crippen LogP contribution >= 0.6 is 11.6 Å². The fourth-order valence-corrected chi connectivity index (χ4v) is 3.21. The van der Waals surface area contributed by atoms with Crippen LogP contribution in [0.4, 0.5) is 0 Å². The first-order valence-electron chi connectivity index (χ1n) is 9.32. The van der Waals surface area contributed by atoms with Crippen molar-refractivity contribution in [3.05, 3.63) is 57.5 Å². The maximum absolute atomic E-state index is 12.9. The van der Waals surface area contributed by atoms with Gasteiger partial charge >= 0.3 is 11.9 Å². The second-order valence-electron chi connectivity index (χ2n) is 6.56. The molecule has 0 fully saturated rings. The summed E-state index contributed by atoms with van der Waals surface area (Å²) in [6, 6.07) is 7.02. The molecule has 0 bridgehead atoms. The molecule has 1 atom stereocenters. The summed E-state index contributed by atoms with van der Waals surface area (Å²) in [6.07, 6.45) is 1.57. The molecule has 0 spiro atoms. The molecule has 1 aromatic rings. The van der Waals surface area contributed by atoms with Gasteiger partial charge in [-0.05, 0) is 38.5 Å². The lowest BCUT2D eigenvalue weighted by Gasteiger charge is -2.30. The highest BCUT2D eigenvalue weighted by molar-refractivity contribution is 6.30. The van der Waals surface area contributed by atoms with Crippen LogP contribution in [0.15, 0.2) is 51.9 Å². The summed E-state index contributed by atoms with van der Waals surface area (Å²) in [7, 11) is 3.64. The van der Waals surface area contributed by atoms with Crippen molar-refractivity contribution in [3.8, 4) is 0 Å². The van der Waals surface area contributed by atoms with Crippen molar-refractivity contribution in [1.29, 1.82) is 0 Å². The van der Waals surface area contributed by atoms with Crippen molar-refractivity contribution < 1.29 is 19.1 Å². The molecule has 1 heterocycles. The third kappa shape index (κ3) is 5.38. The molecule has 1 aliphatic heterocycles. The largest absolute Gasteiger partial charge is 0.463 e. The van der Waals surface area contributed by atoms with Crippen LogP contribution in [0.1, 0.15) is 32.3 Å². The van der Waals surface area contributed by atoms with Crippen molar-refractivity contribution in [2.24, 2.45) is 4.99 Å². The van der Waals surface area contributed by atoms with Gasteiger partial charge in [0.2, 0.25) is 0 Å². The van der Waals surface area contributed by atoms with Crippen LogP contribution in [-0.2, 0) is 19.1 Å². The molecule has 1 unspecified atom stereocenters. The average Bonchev–Trinajstić information content (AvgIpc) is 2.65. The first-order chi connectivity index (χ1) is 13.8. The van der Waals surface area contributed by atoms with Crippen LogP contribution in [0.5, 0.6) is 0 Å². The van der Waals surface area contributed by atoms with Gasteiger partial charge in [0.15, 0.2) is 0 Å². The van der Waals surface area contributed by atoms with Gasteiger partial charge in [0.05, 0.1) is 36.6 Å². The van der Waals surface area contributed by atoms with Crippen LogP contribution in [0.25, 0.3) is 0 Å². The molecule has 1 aliphatic rings. The molecule has 29 heavy (non-hydrogen) atoms. The Bertz CT molecular complexity index is 874. The van der Waals surface area contributed by atoms with E-state index < -0.39 is 17.9 Å². The third-order valence-electron chi connectivity index (χ3n) is 4.13. The van der Waals surface area contributed by atoms with Gasteiger partial charge in [-0.25, -0.2) is 14.6 Å². The topological polar surface area (TPSA) is 80.2 Å². The van der Waals surface area contributed by atoms with Crippen LogP contribution in [0.3, 0.4) is 0 Å². The van der Waals surface area contributed by atoms with E-state index in [9.17, 15) is 9.59 Å². The van der Waals surface area contributed by atoms with Gasteiger partial charge in [-0.1, -0.05) is 23.7 Å². The van der Waals surface area contributed by atoms with Crippen LogP contribution < -0.4 is 5.32 Å². The Balaban J connectivity index is 2.75. The second kappa shape index (κ2) is 10.1. The maximum Gasteiger partial charge on any atom is 0.338 e. The lowest BCUT2D eigenvalue weighted by molar-refractivity contribution is -0.139. The Kier molecular flexibility index (Phi) is 7.84. The summed E-state index contributed by atoms with van der Waals surface area (Å²) in [5.74, 6) is -1.50. The number of hydrogen-bond donors (Lipinski definition) is 1. The average molecular weight is 420 g/mol. The lowest BCUT2D eigenvalue weighted by Crippen LogP contribution is -2.33. The zero-order valence-corrected chi connectivity index (χ0v) is 18.0. The Labute approximate surface area is 176 Å². The summed E-state index contributed by atoms with van der Waals surface area (Å²) in [5, 5.41) is 3.55. The number of esters is 2. The number of carbonyl (C=O) groups is 2. The quantitative estimate of drug-likeness (QED) is 0.415. The smallest absolute Gasteiger partial charge is 0.338 e. The summed E-state index contributed by atoms with van der Waals surface area (Å²) in [4.78, 5) is 31.9. The molecule has 8 heteroatoms. The molecule has 0 aromatic heterocycles. The molecule has 2 rings (SSSR count). The highest BCUT2D eigenvalue weighted by atomic mass is 35.5. The second-order valence-corrected chi connectivity index (χ2v) is 7.00. The molecular formula is C21H26ClN3O4. The van der Waals surface area contributed by atoms with Gasteiger partial charge in [0.1, 0.15) is 5.82 Å². The molecule has 7 nitrogen and oxygen atoms in total. The standard InChI is InChI=1S/C21H26ClN3O4/c1-6-28-20(26)16-13(3)24-19(23-12-25(4)5)18(21(27)29-7-2)17(16)14-9-8-10-15(22)11-14/h8-12,17,24H,6-7H2,1-5H3. The number of ether oxygens (including phenoxy) is 2. The fraction of sp³-hybridized carbons (Fsp3) is 0.381. The van der Waals surface area contributed by atoms with Gasteiger partial charge in [-0.2, -0.15) is 0 Å². The van der Waals surface area contributed by atoms with Gasteiger partial charge in [0.25, 0.3) is 0 Å². The zero-order valence-electron chi connectivity index (χ0n) is 17.3. The molecule has 1 N–H and O–H groups in total. The molecular weight excluding hydrogens is 394 g/mol. The van der Waals surface area contributed by atoms with E-state index in [1.165, 1.54) is 0 Å². The van der Waals surface area contributed by atoms with E-state index in [0.717, 1.165) is 0 Å². The number of hydrogen-bond acceptors (Lipinski definition) is 6. The van der Waals surface area contributed by atoms with E-state index in [2.05, 4.69) is 10.3 Å². The SMILES string of the molecule is CCOC(=O)C1=C(C)NC(N=CN(C)C)=C(C(=O)OCC)C1c1cccc(Cl)c1. The molecule has 0 saturated carbocycles. The van der Waals surface area contributed by atoms with Crippen molar-refractivity contribution >= 4 is 29.9 Å². The number of halogens is 1. The van der Waals surface area contributed by atoms with E-state index in [-0.39, 0.29) is 18.8 Å². The number of allylic oxidation sites excluding steroid dienone is 1. The first-order valence-corrected chi connectivity index (χ1v) is 9.70. The van der Waals surface area contributed by atoms with Gasteiger partial charge in [-0.15, -0.1) is 0 Å². The number of carbonyl (C=O) groups excluding carboxylic acids is 2. The van der Waals surface area contributed by atoms with Crippen molar-refractivity contribution in [2.75, 3.05) is 27.3 Å². The summed E-state index contributed by atoms with van der Waals surface area (Å²) in [6.45, 7) is 5.60. The number of benzene rings is 1. The predicted molar refractivity (Wildman–Crippen MR) is 112 cm³/mol. The van der Waals surface area contributed by atoms with Crippen LogP contribution in [-0.4, -0.2) is 50.5 Å². The number of dihydropyridines is 1. The Morgan fingerprint density at radius 1 is 1.17 bits per heavy atom. The molecule has 0 saturated heterocycles. The molecule has 1 aromatic carbocycles. The highest BCUT2D eigenvalue weighted by Crippen LogP contribution is 2.40. The number of rotatable bonds is 7. The summed E-state index contributed by atoms with van der Waals surface area (Å²) >= 11 is 6.20. The monoisotopic (exact) mass is 419 g/mol. The van der Waals surface area contributed by atoms with Crippen molar-refractivity contribution in [1.82, 2.24) is 10.2 Å². The fourth-order valence-electron chi connectivity index (χ4n) is 3.01. The molecule has 0 radical (unpaired) electrons. The lowest BCUT2D eigenvalue weighted by atomic mass is 9.81. The Morgan fingerprint density at radius 2 is 1.79 bits per heavy atom. The third-order valence-corrected chi connectivity index (χ3v) is 4.37. The molecule has 0 amide bonds. The minimum absolute atomic E-state index is 0.187. The van der Waals surface area contributed by atoms with Crippen LogP contribution in [0, 0.1) is 0 Å². The van der Waals surface area contributed by atoms with Gasteiger partial charge < -0.3 is 19.7 Å².